The Bertz CT molecular complexity index is 621. The molecule has 0 unspecified atom stereocenters. The van der Waals surface area contributed by atoms with Crippen molar-refractivity contribution in [3.63, 3.8) is 0 Å². The zero-order valence-corrected chi connectivity index (χ0v) is 11.3. The van der Waals surface area contributed by atoms with Gasteiger partial charge in [-0.15, -0.1) is 0 Å². The molecule has 102 valence electrons. The number of H-pyrrole nitrogens is 1. The molecule has 9 heteroatoms. The molecule has 0 saturated carbocycles. The average Bonchev–Trinajstić information content (AvgIpc) is 2.90. The van der Waals surface area contributed by atoms with E-state index in [1.807, 2.05) is 0 Å². The average molecular weight is 282 g/mol. The molecule has 0 aromatic carbocycles. The first-order valence-electron chi connectivity index (χ1n) is 5.47. The number of aromatic amines is 1. The van der Waals surface area contributed by atoms with Gasteiger partial charge < -0.3 is 5.32 Å². The fourth-order valence-corrected chi connectivity index (χ4v) is 2.19. The maximum Gasteiger partial charge on any atom is 0.244 e. The first kappa shape index (κ1) is 13.4. The molecule has 8 nitrogen and oxygen atoms in total. The predicted octanol–water partition coefficient (Wildman–Crippen LogP) is 0.0621. The molecule has 2 rings (SSSR count). The Labute approximate surface area is 110 Å². The van der Waals surface area contributed by atoms with Crippen molar-refractivity contribution < 1.29 is 8.42 Å². The molecule has 0 aliphatic rings. The summed E-state index contributed by atoms with van der Waals surface area (Å²) in [7, 11) is -0.482. The molecule has 0 bridgehead atoms. The SMILES string of the molecule is CN(C)S(=O)(=O)c1ccc(NCc2ncn[nH]2)nc1. The normalized spacial score (nSPS) is 11.7. The fourth-order valence-electron chi connectivity index (χ4n) is 1.34. The Kier molecular flexibility index (Phi) is 3.76. The highest BCUT2D eigenvalue weighted by Crippen LogP contribution is 2.13. The monoisotopic (exact) mass is 282 g/mol. The lowest BCUT2D eigenvalue weighted by Crippen LogP contribution is -2.22. The van der Waals surface area contributed by atoms with Crippen LogP contribution in [-0.4, -0.2) is 47.0 Å². The lowest BCUT2D eigenvalue weighted by Gasteiger charge is -2.11. The second-order valence-electron chi connectivity index (χ2n) is 3.95. The number of aromatic nitrogens is 4. The first-order chi connectivity index (χ1) is 9.00. The van der Waals surface area contributed by atoms with Crippen molar-refractivity contribution in [3.05, 3.63) is 30.5 Å². The standard InChI is InChI=1S/C10H14N6O2S/c1-16(2)19(17,18)8-3-4-9(11-5-8)12-6-10-13-7-14-15-10/h3-5,7H,6H2,1-2H3,(H,11,12)(H,13,14,15). The van der Waals surface area contributed by atoms with Gasteiger partial charge in [0.05, 0.1) is 6.54 Å². The van der Waals surface area contributed by atoms with Gasteiger partial charge in [-0.05, 0) is 12.1 Å². The van der Waals surface area contributed by atoms with Crippen molar-refractivity contribution in [1.29, 1.82) is 0 Å². The number of hydrogen-bond donors (Lipinski definition) is 2. The van der Waals surface area contributed by atoms with E-state index in [0.29, 0.717) is 18.2 Å². The molecule has 0 aliphatic heterocycles. The van der Waals surface area contributed by atoms with Gasteiger partial charge in [0.15, 0.2) is 0 Å². The van der Waals surface area contributed by atoms with Crippen LogP contribution >= 0.6 is 0 Å². The van der Waals surface area contributed by atoms with Crippen molar-refractivity contribution in [1.82, 2.24) is 24.5 Å². The molecule has 0 fully saturated rings. The Morgan fingerprint density at radius 3 is 2.63 bits per heavy atom. The number of pyridine rings is 1. The minimum atomic E-state index is -3.44. The molecule has 0 radical (unpaired) electrons. The molecule has 19 heavy (non-hydrogen) atoms. The van der Waals surface area contributed by atoms with E-state index in [-0.39, 0.29) is 4.90 Å². The van der Waals surface area contributed by atoms with E-state index in [4.69, 9.17) is 0 Å². The molecular formula is C10H14N6O2S. The number of nitrogens with zero attached hydrogens (tertiary/aromatic N) is 4. The van der Waals surface area contributed by atoms with E-state index in [1.165, 1.54) is 32.7 Å². The van der Waals surface area contributed by atoms with Crippen LogP contribution in [0.3, 0.4) is 0 Å². The van der Waals surface area contributed by atoms with Gasteiger partial charge >= 0.3 is 0 Å². The third kappa shape index (κ3) is 3.06. The molecule has 0 atom stereocenters. The smallest absolute Gasteiger partial charge is 0.244 e. The largest absolute Gasteiger partial charge is 0.363 e. The lowest BCUT2D eigenvalue weighted by atomic mass is 10.4. The third-order valence-corrected chi connectivity index (χ3v) is 4.22. The number of sulfonamides is 1. The maximum atomic E-state index is 11.8. The molecule has 2 aromatic heterocycles. The van der Waals surface area contributed by atoms with Crippen LogP contribution in [0.4, 0.5) is 5.82 Å². The number of hydrogen-bond acceptors (Lipinski definition) is 6. The second kappa shape index (κ2) is 5.33. The molecule has 2 heterocycles. The topological polar surface area (TPSA) is 104 Å². The van der Waals surface area contributed by atoms with Crippen LogP contribution in [0.5, 0.6) is 0 Å². The van der Waals surface area contributed by atoms with E-state index in [1.54, 1.807) is 6.07 Å². The summed E-state index contributed by atoms with van der Waals surface area (Å²) in [5, 5.41) is 9.42. The van der Waals surface area contributed by atoms with Crippen LogP contribution in [0.1, 0.15) is 5.82 Å². The van der Waals surface area contributed by atoms with Gasteiger partial charge in [-0.3, -0.25) is 5.10 Å². The molecule has 0 aliphatic carbocycles. The Hall–Kier alpha value is -2.00. The van der Waals surface area contributed by atoms with Crippen molar-refractivity contribution in [2.75, 3.05) is 19.4 Å². The van der Waals surface area contributed by atoms with E-state index in [9.17, 15) is 8.42 Å². The first-order valence-corrected chi connectivity index (χ1v) is 6.91. The molecule has 2 aromatic rings. The summed E-state index contributed by atoms with van der Waals surface area (Å²) in [5.74, 6) is 1.24. The van der Waals surface area contributed by atoms with Crippen molar-refractivity contribution in [2.45, 2.75) is 11.4 Å². The van der Waals surface area contributed by atoms with Crippen LogP contribution in [0, 0.1) is 0 Å². The van der Waals surface area contributed by atoms with E-state index < -0.39 is 10.0 Å². The zero-order chi connectivity index (χ0) is 13.9. The Morgan fingerprint density at radius 2 is 2.11 bits per heavy atom. The highest BCUT2D eigenvalue weighted by atomic mass is 32.2. The summed E-state index contributed by atoms with van der Waals surface area (Å²) in [5.41, 5.74) is 0. The van der Waals surface area contributed by atoms with Gasteiger partial charge in [0.25, 0.3) is 0 Å². The molecule has 2 N–H and O–H groups in total. The van der Waals surface area contributed by atoms with Gasteiger partial charge in [-0.2, -0.15) is 5.10 Å². The summed E-state index contributed by atoms with van der Waals surface area (Å²) in [6.45, 7) is 0.437. The highest BCUT2D eigenvalue weighted by molar-refractivity contribution is 7.89. The van der Waals surface area contributed by atoms with Gasteiger partial charge in [0.2, 0.25) is 10.0 Å². The van der Waals surface area contributed by atoms with Crippen LogP contribution in [0.15, 0.2) is 29.6 Å². The summed E-state index contributed by atoms with van der Waals surface area (Å²) in [6.07, 6.45) is 2.73. The second-order valence-corrected chi connectivity index (χ2v) is 6.10. The highest BCUT2D eigenvalue weighted by Gasteiger charge is 2.17. The quantitative estimate of drug-likeness (QED) is 0.803. The van der Waals surface area contributed by atoms with Crippen LogP contribution in [0.2, 0.25) is 0 Å². The maximum absolute atomic E-state index is 11.8. The van der Waals surface area contributed by atoms with E-state index >= 15 is 0 Å². The molecule has 0 spiro atoms. The van der Waals surface area contributed by atoms with Gasteiger partial charge in [-0.1, -0.05) is 0 Å². The predicted molar refractivity (Wildman–Crippen MR) is 68.8 cm³/mol. The minimum Gasteiger partial charge on any atom is -0.363 e. The van der Waals surface area contributed by atoms with E-state index in [2.05, 4.69) is 25.5 Å². The third-order valence-electron chi connectivity index (χ3n) is 2.42. The molecular weight excluding hydrogens is 268 g/mol. The summed E-state index contributed by atoms with van der Waals surface area (Å²) < 4.78 is 24.8. The fraction of sp³-hybridized carbons (Fsp3) is 0.300. The van der Waals surface area contributed by atoms with Crippen molar-refractivity contribution in [3.8, 4) is 0 Å². The summed E-state index contributed by atoms with van der Waals surface area (Å²) >= 11 is 0. The summed E-state index contributed by atoms with van der Waals surface area (Å²) in [6, 6.07) is 3.11. The van der Waals surface area contributed by atoms with Crippen LogP contribution in [0.25, 0.3) is 0 Å². The van der Waals surface area contributed by atoms with Crippen LogP contribution < -0.4 is 5.32 Å². The van der Waals surface area contributed by atoms with Crippen molar-refractivity contribution >= 4 is 15.8 Å². The van der Waals surface area contributed by atoms with E-state index in [0.717, 1.165) is 4.31 Å². The minimum absolute atomic E-state index is 0.155. The van der Waals surface area contributed by atoms with Crippen molar-refractivity contribution in [2.24, 2.45) is 0 Å². The number of anilines is 1. The number of nitrogens with one attached hydrogen (secondary N) is 2. The molecule has 0 saturated heterocycles. The Morgan fingerprint density at radius 1 is 1.32 bits per heavy atom. The summed E-state index contributed by atoms with van der Waals surface area (Å²) in [4.78, 5) is 8.15. The Balaban J connectivity index is 2.07. The van der Waals surface area contributed by atoms with Crippen LogP contribution in [-0.2, 0) is 16.6 Å². The van der Waals surface area contributed by atoms with Gasteiger partial charge in [-0.25, -0.2) is 22.7 Å². The van der Waals surface area contributed by atoms with Gasteiger partial charge in [0, 0.05) is 20.3 Å². The number of rotatable bonds is 5. The van der Waals surface area contributed by atoms with Gasteiger partial charge in [0.1, 0.15) is 22.9 Å². The zero-order valence-electron chi connectivity index (χ0n) is 10.5. The molecule has 0 amide bonds. The lowest BCUT2D eigenvalue weighted by molar-refractivity contribution is 0.520.